The summed E-state index contributed by atoms with van der Waals surface area (Å²) in [5.74, 6) is -0.153. The van der Waals surface area contributed by atoms with Crippen LogP contribution in [-0.4, -0.2) is 37.2 Å². The van der Waals surface area contributed by atoms with Crippen molar-refractivity contribution >= 4 is 5.97 Å². The molecule has 2 N–H and O–H groups in total. The van der Waals surface area contributed by atoms with Crippen LogP contribution in [-0.2, 0) is 9.53 Å². The zero-order chi connectivity index (χ0) is 9.31. The molecule has 2 atom stereocenters. The quantitative estimate of drug-likeness (QED) is 0.453. The third-order valence-electron chi connectivity index (χ3n) is 2.70. The monoisotopic (exact) mass is 182 g/mol. The lowest BCUT2D eigenvalue weighted by Crippen LogP contribution is -2.55. The number of esters is 1. The molecule has 0 aromatic rings. The molecule has 0 saturated carbocycles. The van der Waals surface area contributed by atoms with E-state index in [-0.39, 0.29) is 5.97 Å². The van der Waals surface area contributed by atoms with Crippen LogP contribution in [0.5, 0.6) is 0 Å². The fourth-order valence-electron chi connectivity index (χ4n) is 1.98. The predicted octanol–water partition coefficient (Wildman–Crippen LogP) is -0.581. The van der Waals surface area contributed by atoms with Crippen molar-refractivity contribution in [1.82, 2.24) is 10.6 Å². The summed E-state index contributed by atoms with van der Waals surface area (Å²) in [7, 11) is 0. The molecular weight excluding hydrogens is 168 g/mol. The maximum atomic E-state index is 11.6. The van der Waals surface area contributed by atoms with Crippen molar-refractivity contribution in [1.29, 1.82) is 0 Å². The zero-order valence-electron chi connectivity index (χ0n) is 7.51. The first-order valence-corrected chi connectivity index (χ1v) is 4.53. The van der Waals surface area contributed by atoms with Gasteiger partial charge in [0.1, 0.15) is 12.1 Å². The Morgan fingerprint density at radius 3 is 3.08 bits per heavy atom. The van der Waals surface area contributed by atoms with Crippen LogP contribution in [0.2, 0.25) is 0 Å². The molecule has 2 saturated heterocycles. The SMILES string of the molecule is C=CCOC(=O)C12CNC(CN1)C2. The molecule has 2 aliphatic heterocycles. The van der Waals surface area contributed by atoms with Crippen molar-refractivity contribution in [2.24, 2.45) is 0 Å². The van der Waals surface area contributed by atoms with Gasteiger partial charge < -0.3 is 10.1 Å². The second-order valence-electron chi connectivity index (χ2n) is 3.63. The van der Waals surface area contributed by atoms with Gasteiger partial charge in [0.25, 0.3) is 0 Å². The van der Waals surface area contributed by atoms with E-state index >= 15 is 0 Å². The van der Waals surface area contributed by atoms with Gasteiger partial charge in [0.15, 0.2) is 0 Å². The van der Waals surface area contributed by atoms with Gasteiger partial charge in [-0.25, -0.2) is 4.79 Å². The van der Waals surface area contributed by atoms with Gasteiger partial charge in [0.2, 0.25) is 0 Å². The Bertz CT molecular complexity index is 232. The molecule has 2 unspecified atom stereocenters. The molecule has 2 fully saturated rings. The van der Waals surface area contributed by atoms with Crippen LogP contribution >= 0.6 is 0 Å². The lowest BCUT2D eigenvalue weighted by Gasteiger charge is -2.24. The average molecular weight is 182 g/mol. The molecule has 2 rings (SSSR count). The standard InChI is InChI=1S/C9H14N2O2/c1-2-3-13-8(12)9-4-7(5-11-9)10-6-9/h2,7,10-11H,1,3-6H2. The van der Waals surface area contributed by atoms with Gasteiger partial charge in [0.05, 0.1) is 0 Å². The molecule has 0 spiro atoms. The Morgan fingerprint density at radius 1 is 1.77 bits per heavy atom. The summed E-state index contributed by atoms with van der Waals surface area (Å²) in [4.78, 5) is 11.6. The highest BCUT2D eigenvalue weighted by atomic mass is 16.5. The number of nitrogens with one attached hydrogen (secondary N) is 2. The van der Waals surface area contributed by atoms with Gasteiger partial charge in [-0.2, -0.15) is 0 Å². The summed E-state index contributed by atoms with van der Waals surface area (Å²) < 4.78 is 5.04. The van der Waals surface area contributed by atoms with Crippen LogP contribution in [0, 0.1) is 0 Å². The Morgan fingerprint density at radius 2 is 2.62 bits per heavy atom. The van der Waals surface area contributed by atoms with Crippen LogP contribution in [0.3, 0.4) is 0 Å². The number of carbonyl (C=O) groups excluding carboxylic acids is 1. The van der Waals surface area contributed by atoms with E-state index in [9.17, 15) is 4.79 Å². The van der Waals surface area contributed by atoms with E-state index in [4.69, 9.17) is 4.74 Å². The summed E-state index contributed by atoms with van der Waals surface area (Å²) in [5, 5.41) is 6.47. The number of piperazine rings is 1. The molecule has 0 aromatic carbocycles. The van der Waals surface area contributed by atoms with Gasteiger partial charge in [-0.05, 0) is 6.42 Å². The minimum atomic E-state index is -0.451. The van der Waals surface area contributed by atoms with Crippen LogP contribution in [0.15, 0.2) is 12.7 Å². The van der Waals surface area contributed by atoms with Gasteiger partial charge in [0, 0.05) is 19.1 Å². The van der Waals surface area contributed by atoms with Gasteiger partial charge in [-0.15, -0.1) is 0 Å². The zero-order valence-corrected chi connectivity index (χ0v) is 7.51. The molecule has 4 heteroatoms. The van der Waals surface area contributed by atoms with Gasteiger partial charge >= 0.3 is 5.97 Å². The van der Waals surface area contributed by atoms with Crippen LogP contribution < -0.4 is 10.6 Å². The van der Waals surface area contributed by atoms with E-state index in [2.05, 4.69) is 17.2 Å². The average Bonchev–Trinajstić information content (AvgIpc) is 2.74. The molecule has 0 aliphatic carbocycles. The largest absolute Gasteiger partial charge is 0.460 e. The van der Waals surface area contributed by atoms with Crippen LogP contribution in [0.4, 0.5) is 0 Å². The molecule has 0 aromatic heterocycles. The van der Waals surface area contributed by atoms with E-state index in [0.29, 0.717) is 19.2 Å². The van der Waals surface area contributed by atoms with Crippen molar-refractivity contribution in [3.63, 3.8) is 0 Å². The highest BCUT2D eigenvalue weighted by Crippen LogP contribution is 2.26. The molecule has 4 nitrogen and oxygen atoms in total. The first kappa shape index (κ1) is 8.72. The molecule has 0 radical (unpaired) electrons. The molecule has 0 amide bonds. The van der Waals surface area contributed by atoms with E-state index in [1.807, 2.05) is 0 Å². The lowest BCUT2D eigenvalue weighted by atomic mass is 10.0. The molecule has 72 valence electrons. The fraction of sp³-hybridized carbons (Fsp3) is 0.667. The number of ether oxygens (including phenoxy) is 1. The van der Waals surface area contributed by atoms with Gasteiger partial charge in [-0.3, -0.25) is 5.32 Å². The molecule has 2 aliphatic rings. The topological polar surface area (TPSA) is 50.4 Å². The van der Waals surface area contributed by atoms with Crippen molar-refractivity contribution in [3.8, 4) is 0 Å². The van der Waals surface area contributed by atoms with Crippen molar-refractivity contribution in [3.05, 3.63) is 12.7 Å². The Kier molecular flexibility index (Phi) is 2.09. The van der Waals surface area contributed by atoms with Crippen molar-refractivity contribution in [2.75, 3.05) is 19.7 Å². The predicted molar refractivity (Wildman–Crippen MR) is 48.3 cm³/mol. The summed E-state index contributed by atoms with van der Waals surface area (Å²) in [6.07, 6.45) is 2.44. The number of hydrogen-bond donors (Lipinski definition) is 2. The number of carbonyl (C=O) groups is 1. The first-order valence-electron chi connectivity index (χ1n) is 4.53. The normalized spacial score (nSPS) is 36.2. The van der Waals surface area contributed by atoms with Crippen LogP contribution in [0.25, 0.3) is 0 Å². The van der Waals surface area contributed by atoms with E-state index in [1.165, 1.54) is 0 Å². The maximum Gasteiger partial charge on any atom is 0.328 e. The van der Waals surface area contributed by atoms with E-state index in [1.54, 1.807) is 6.08 Å². The molecule has 2 bridgehead atoms. The number of rotatable bonds is 3. The van der Waals surface area contributed by atoms with E-state index < -0.39 is 5.54 Å². The Labute approximate surface area is 77.3 Å². The Hall–Kier alpha value is -0.870. The lowest BCUT2D eigenvalue weighted by molar-refractivity contribution is -0.149. The highest BCUT2D eigenvalue weighted by molar-refractivity contribution is 5.82. The van der Waals surface area contributed by atoms with E-state index in [0.717, 1.165) is 13.0 Å². The van der Waals surface area contributed by atoms with Crippen LogP contribution in [0.1, 0.15) is 6.42 Å². The third-order valence-corrected chi connectivity index (χ3v) is 2.70. The minimum Gasteiger partial charge on any atom is -0.460 e. The summed E-state index contributed by atoms with van der Waals surface area (Å²) in [6.45, 7) is 5.36. The Balaban J connectivity index is 1.98. The smallest absolute Gasteiger partial charge is 0.328 e. The summed E-state index contributed by atoms with van der Waals surface area (Å²) in [5.41, 5.74) is -0.451. The highest BCUT2D eigenvalue weighted by Gasteiger charge is 2.51. The van der Waals surface area contributed by atoms with Gasteiger partial charge in [-0.1, -0.05) is 12.7 Å². The summed E-state index contributed by atoms with van der Waals surface area (Å²) in [6, 6.07) is 0.441. The minimum absolute atomic E-state index is 0.153. The number of hydrogen-bond acceptors (Lipinski definition) is 4. The second-order valence-corrected chi connectivity index (χ2v) is 3.63. The van der Waals surface area contributed by atoms with Crippen molar-refractivity contribution < 1.29 is 9.53 Å². The number of fused-ring (bicyclic) bond motifs is 2. The second kappa shape index (κ2) is 3.12. The summed E-state index contributed by atoms with van der Waals surface area (Å²) >= 11 is 0. The first-order chi connectivity index (χ1) is 6.27. The third kappa shape index (κ3) is 1.36. The van der Waals surface area contributed by atoms with Crippen molar-refractivity contribution in [2.45, 2.75) is 18.0 Å². The maximum absolute atomic E-state index is 11.6. The molecule has 2 heterocycles. The molecular formula is C9H14N2O2. The fourth-order valence-corrected chi connectivity index (χ4v) is 1.98. The molecule has 13 heavy (non-hydrogen) atoms.